The molecule has 2 aromatic rings. The van der Waals surface area contributed by atoms with Crippen molar-refractivity contribution in [2.24, 2.45) is 5.92 Å². The third-order valence-corrected chi connectivity index (χ3v) is 6.24. The zero-order chi connectivity index (χ0) is 22.5. The second-order valence-corrected chi connectivity index (χ2v) is 8.34. The Kier molecular flexibility index (Phi) is 6.72. The van der Waals surface area contributed by atoms with Gasteiger partial charge in [-0.15, -0.1) is 0 Å². The first kappa shape index (κ1) is 21.8. The van der Waals surface area contributed by atoms with Gasteiger partial charge in [-0.3, -0.25) is 14.5 Å². The molecule has 0 saturated carbocycles. The molecule has 0 bridgehead atoms. The van der Waals surface area contributed by atoms with Gasteiger partial charge in [0.05, 0.1) is 30.3 Å². The molecule has 7 heteroatoms. The van der Waals surface area contributed by atoms with Crippen molar-refractivity contribution in [3.8, 4) is 11.8 Å². The molecule has 2 aromatic carbocycles. The first-order valence-corrected chi connectivity index (χ1v) is 11.0. The molecule has 32 heavy (non-hydrogen) atoms. The lowest BCUT2D eigenvalue weighted by Gasteiger charge is -2.25. The van der Waals surface area contributed by atoms with Crippen LogP contribution in [0.4, 0.5) is 5.69 Å². The predicted octanol–water partition coefficient (Wildman–Crippen LogP) is 2.65. The van der Waals surface area contributed by atoms with E-state index in [9.17, 15) is 9.59 Å². The van der Waals surface area contributed by atoms with Gasteiger partial charge in [-0.2, -0.15) is 5.26 Å². The van der Waals surface area contributed by atoms with Gasteiger partial charge >= 0.3 is 0 Å². The van der Waals surface area contributed by atoms with Gasteiger partial charge < -0.3 is 14.5 Å². The monoisotopic (exact) mass is 432 g/mol. The molecule has 2 fully saturated rings. The lowest BCUT2D eigenvalue weighted by atomic mass is 10.1. The van der Waals surface area contributed by atoms with E-state index >= 15 is 0 Å². The number of benzene rings is 2. The SMILES string of the molecule is COc1ccccc1N1CC(C(=O)N2CCCN(Cc3ccc(C#N)cc3)CC2)CC1=O. The summed E-state index contributed by atoms with van der Waals surface area (Å²) in [7, 11) is 1.59. The fourth-order valence-electron chi connectivity index (χ4n) is 4.51. The summed E-state index contributed by atoms with van der Waals surface area (Å²) in [6.45, 7) is 4.28. The van der Waals surface area contributed by atoms with Crippen LogP contribution >= 0.6 is 0 Å². The van der Waals surface area contributed by atoms with Gasteiger partial charge in [-0.05, 0) is 36.2 Å². The number of nitriles is 1. The second-order valence-electron chi connectivity index (χ2n) is 8.34. The normalized spacial score (nSPS) is 19.5. The summed E-state index contributed by atoms with van der Waals surface area (Å²) in [5, 5.41) is 8.95. The van der Waals surface area contributed by atoms with Crippen molar-refractivity contribution in [2.75, 3.05) is 44.7 Å². The van der Waals surface area contributed by atoms with Gasteiger partial charge in [-0.1, -0.05) is 24.3 Å². The van der Waals surface area contributed by atoms with E-state index in [-0.39, 0.29) is 24.2 Å². The van der Waals surface area contributed by atoms with E-state index in [1.54, 1.807) is 12.0 Å². The molecule has 2 aliphatic heterocycles. The van der Waals surface area contributed by atoms with E-state index in [2.05, 4.69) is 11.0 Å². The van der Waals surface area contributed by atoms with E-state index in [0.717, 1.165) is 37.3 Å². The van der Waals surface area contributed by atoms with Crippen molar-refractivity contribution in [1.82, 2.24) is 9.80 Å². The largest absolute Gasteiger partial charge is 0.495 e. The average Bonchev–Trinajstić information content (AvgIpc) is 3.06. The van der Waals surface area contributed by atoms with E-state index < -0.39 is 0 Å². The number of ether oxygens (including phenoxy) is 1. The fourth-order valence-corrected chi connectivity index (χ4v) is 4.51. The Bertz CT molecular complexity index is 1010. The fraction of sp³-hybridized carbons (Fsp3) is 0.400. The molecule has 0 spiro atoms. The molecule has 2 amide bonds. The van der Waals surface area contributed by atoms with Crippen LogP contribution < -0.4 is 9.64 Å². The maximum atomic E-state index is 13.2. The lowest BCUT2D eigenvalue weighted by molar-refractivity contribution is -0.135. The first-order valence-electron chi connectivity index (χ1n) is 11.0. The molecule has 1 unspecified atom stereocenters. The number of amides is 2. The third kappa shape index (κ3) is 4.76. The van der Waals surface area contributed by atoms with Gasteiger partial charge in [0, 0.05) is 45.7 Å². The molecule has 1 atom stereocenters. The second kappa shape index (κ2) is 9.84. The van der Waals surface area contributed by atoms with E-state index in [1.165, 1.54) is 0 Å². The maximum absolute atomic E-state index is 13.2. The number of anilines is 1. The lowest BCUT2D eigenvalue weighted by Crippen LogP contribution is -2.40. The molecular weight excluding hydrogens is 404 g/mol. The molecule has 0 N–H and O–H groups in total. The summed E-state index contributed by atoms with van der Waals surface area (Å²) in [5.41, 5.74) is 2.55. The number of hydrogen-bond donors (Lipinski definition) is 0. The zero-order valence-electron chi connectivity index (χ0n) is 18.4. The molecule has 2 heterocycles. The Balaban J connectivity index is 1.35. The number of hydrogen-bond acceptors (Lipinski definition) is 5. The minimum absolute atomic E-state index is 0.0369. The Hall–Kier alpha value is -3.37. The zero-order valence-corrected chi connectivity index (χ0v) is 18.4. The molecule has 166 valence electrons. The van der Waals surface area contributed by atoms with E-state index in [4.69, 9.17) is 10.00 Å². The van der Waals surface area contributed by atoms with Gasteiger partial charge in [0.1, 0.15) is 5.75 Å². The summed E-state index contributed by atoms with van der Waals surface area (Å²) < 4.78 is 5.40. The Morgan fingerprint density at radius 2 is 1.88 bits per heavy atom. The Morgan fingerprint density at radius 1 is 1.09 bits per heavy atom. The van der Waals surface area contributed by atoms with Crippen LogP contribution in [-0.2, 0) is 16.1 Å². The van der Waals surface area contributed by atoms with Crippen LogP contribution in [0.2, 0.25) is 0 Å². The number of carbonyl (C=O) groups is 2. The number of nitrogens with zero attached hydrogens (tertiary/aromatic N) is 4. The number of carbonyl (C=O) groups excluding carboxylic acids is 2. The molecule has 2 aliphatic rings. The summed E-state index contributed by atoms with van der Waals surface area (Å²) in [4.78, 5) is 31.9. The molecular formula is C25H28N4O3. The van der Waals surface area contributed by atoms with Crippen LogP contribution in [0.15, 0.2) is 48.5 Å². The highest BCUT2D eigenvalue weighted by Gasteiger charge is 2.38. The van der Waals surface area contributed by atoms with Gasteiger partial charge in [0.25, 0.3) is 0 Å². The standard InChI is InChI=1S/C25H28N4O3/c1-32-23-6-3-2-5-22(23)29-18-21(15-24(29)30)25(31)28-12-4-11-27(13-14-28)17-20-9-7-19(16-26)8-10-20/h2-3,5-10,21H,4,11-15,17-18H2,1H3. The van der Waals surface area contributed by atoms with Crippen LogP contribution in [0.5, 0.6) is 5.75 Å². The Labute approximate surface area is 188 Å². The van der Waals surface area contributed by atoms with Gasteiger partial charge in [0.2, 0.25) is 11.8 Å². The summed E-state index contributed by atoms with van der Waals surface area (Å²) in [6.07, 6.45) is 1.14. The topological polar surface area (TPSA) is 76.9 Å². The minimum Gasteiger partial charge on any atom is -0.495 e. The molecule has 4 rings (SSSR count). The van der Waals surface area contributed by atoms with Crippen LogP contribution in [0, 0.1) is 17.2 Å². The average molecular weight is 433 g/mol. The summed E-state index contributed by atoms with van der Waals surface area (Å²) in [5.74, 6) is 0.348. The van der Waals surface area contributed by atoms with E-state index in [1.807, 2.05) is 53.4 Å². The number of rotatable bonds is 5. The van der Waals surface area contributed by atoms with Crippen LogP contribution in [0.1, 0.15) is 24.0 Å². The molecule has 0 aliphatic carbocycles. The van der Waals surface area contributed by atoms with Crippen molar-refractivity contribution in [3.05, 3.63) is 59.7 Å². The molecule has 2 saturated heterocycles. The number of para-hydroxylation sites is 2. The van der Waals surface area contributed by atoms with Crippen LogP contribution in [0.3, 0.4) is 0 Å². The highest BCUT2D eigenvalue weighted by atomic mass is 16.5. The molecule has 7 nitrogen and oxygen atoms in total. The van der Waals surface area contributed by atoms with E-state index in [0.29, 0.717) is 30.9 Å². The quantitative estimate of drug-likeness (QED) is 0.726. The Morgan fingerprint density at radius 3 is 2.62 bits per heavy atom. The van der Waals surface area contributed by atoms with Crippen LogP contribution in [0.25, 0.3) is 0 Å². The summed E-state index contributed by atoms with van der Waals surface area (Å²) >= 11 is 0. The van der Waals surface area contributed by atoms with Crippen molar-refractivity contribution >= 4 is 17.5 Å². The summed E-state index contributed by atoms with van der Waals surface area (Å²) in [6, 6.07) is 17.2. The first-order chi connectivity index (χ1) is 15.6. The van der Waals surface area contributed by atoms with Crippen molar-refractivity contribution in [2.45, 2.75) is 19.4 Å². The third-order valence-electron chi connectivity index (χ3n) is 6.24. The highest BCUT2D eigenvalue weighted by molar-refractivity contribution is 6.01. The van der Waals surface area contributed by atoms with Crippen molar-refractivity contribution in [3.63, 3.8) is 0 Å². The van der Waals surface area contributed by atoms with Gasteiger partial charge in [-0.25, -0.2) is 0 Å². The predicted molar refractivity (Wildman–Crippen MR) is 121 cm³/mol. The van der Waals surface area contributed by atoms with Crippen LogP contribution in [-0.4, -0.2) is 61.4 Å². The molecule has 0 radical (unpaired) electrons. The highest BCUT2D eigenvalue weighted by Crippen LogP contribution is 2.33. The number of methoxy groups -OCH3 is 1. The van der Waals surface area contributed by atoms with Crippen molar-refractivity contribution in [1.29, 1.82) is 5.26 Å². The minimum atomic E-state index is -0.322. The molecule has 0 aromatic heterocycles. The van der Waals surface area contributed by atoms with Gasteiger partial charge in [0.15, 0.2) is 0 Å². The smallest absolute Gasteiger partial charge is 0.228 e. The van der Waals surface area contributed by atoms with Crippen molar-refractivity contribution < 1.29 is 14.3 Å². The maximum Gasteiger partial charge on any atom is 0.228 e.